The maximum atomic E-state index is 4.70. The number of anilines is 1. The zero-order chi connectivity index (χ0) is 14.1. The van der Waals surface area contributed by atoms with Crippen molar-refractivity contribution in [2.45, 2.75) is 39.3 Å². The highest BCUT2D eigenvalue weighted by Crippen LogP contribution is 2.24. The Morgan fingerprint density at radius 2 is 2.10 bits per heavy atom. The van der Waals surface area contributed by atoms with Crippen LogP contribution in [0.4, 0.5) is 5.69 Å². The van der Waals surface area contributed by atoms with E-state index in [1.165, 1.54) is 24.0 Å². The highest BCUT2D eigenvalue weighted by Gasteiger charge is 2.24. The Bertz CT molecular complexity index is 606. The van der Waals surface area contributed by atoms with Gasteiger partial charge in [0.15, 0.2) is 0 Å². The zero-order valence-corrected chi connectivity index (χ0v) is 12.6. The number of nitrogens with zero attached hydrogens (tertiary/aromatic N) is 2. The second-order valence-corrected chi connectivity index (χ2v) is 6.05. The van der Waals surface area contributed by atoms with Crippen LogP contribution in [0.3, 0.4) is 0 Å². The molecule has 1 aliphatic rings. The Labute approximate surface area is 121 Å². The molecule has 0 saturated carbocycles. The predicted molar refractivity (Wildman–Crippen MR) is 85.2 cm³/mol. The summed E-state index contributed by atoms with van der Waals surface area (Å²) in [4.78, 5) is 7.22. The number of pyridine rings is 1. The molecule has 106 valence electrons. The summed E-state index contributed by atoms with van der Waals surface area (Å²) >= 11 is 0. The topological polar surface area (TPSA) is 28.2 Å². The highest BCUT2D eigenvalue weighted by molar-refractivity contribution is 5.90. The summed E-state index contributed by atoms with van der Waals surface area (Å²) < 4.78 is 0. The highest BCUT2D eigenvalue weighted by atomic mass is 15.2. The van der Waals surface area contributed by atoms with E-state index in [-0.39, 0.29) is 0 Å². The third kappa shape index (κ3) is 2.63. The molecular formula is C17H23N3. The number of para-hydroxylation sites is 1. The van der Waals surface area contributed by atoms with Crippen molar-refractivity contribution in [3.8, 4) is 0 Å². The molecule has 1 saturated heterocycles. The number of nitrogens with one attached hydrogen (secondary N) is 1. The van der Waals surface area contributed by atoms with E-state index in [9.17, 15) is 0 Å². The maximum Gasteiger partial charge on any atom is 0.0936 e. The van der Waals surface area contributed by atoms with Gasteiger partial charge in [-0.2, -0.15) is 0 Å². The quantitative estimate of drug-likeness (QED) is 0.925. The van der Waals surface area contributed by atoms with Gasteiger partial charge in [-0.3, -0.25) is 9.88 Å². The minimum atomic E-state index is 0.533. The maximum absolute atomic E-state index is 4.70. The smallest absolute Gasteiger partial charge is 0.0936 e. The van der Waals surface area contributed by atoms with Gasteiger partial charge in [-0.05, 0) is 39.3 Å². The number of benzene rings is 1. The molecule has 0 bridgehead atoms. The molecule has 1 unspecified atom stereocenters. The van der Waals surface area contributed by atoms with E-state index in [0.717, 1.165) is 17.8 Å². The van der Waals surface area contributed by atoms with Crippen molar-refractivity contribution in [3.63, 3.8) is 0 Å². The van der Waals surface area contributed by atoms with E-state index in [4.69, 9.17) is 4.98 Å². The standard InChI is InChI=1S/C17H23N3/c1-12(2)20-10-9-15(11-20)19-16-6-4-5-14-8-7-13(3)18-17(14)16/h4-8,12,15,19H,9-11H2,1-3H3. The lowest BCUT2D eigenvalue weighted by Crippen LogP contribution is -2.31. The summed E-state index contributed by atoms with van der Waals surface area (Å²) in [5.41, 5.74) is 3.33. The van der Waals surface area contributed by atoms with Crippen LogP contribution in [0, 0.1) is 6.92 Å². The van der Waals surface area contributed by atoms with Crippen LogP contribution in [0.1, 0.15) is 26.0 Å². The SMILES string of the molecule is Cc1ccc2cccc(NC3CCN(C(C)C)C3)c2n1. The second kappa shape index (κ2) is 5.41. The first-order valence-corrected chi connectivity index (χ1v) is 7.50. The van der Waals surface area contributed by atoms with Crippen LogP contribution in [0.15, 0.2) is 30.3 Å². The average molecular weight is 269 g/mol. The third-order valence-electron chi connectivity index (χ3n) is 4.17. The van der Waals surface area contributed by atoms with Gasteiger partial charge < -0.3 is 5.32 Å². The van der Waals surface area contributed by atoms with E-state index in [1.54, 1.807) is 0 Å². The molecule has 3 rings (SSSR count). The van der Waals surface area contributed by atoms with Gasteiger partial charge in [0.2, 0.25) is 0 Å². The Balaban J connectivity index is 1.83. The Morgan fingerprint density at radius 3 is 2.85 bits per heavy atom. The van der Waals surface area contributed by atoms with Crippen LogP contribution >= 0.6 is 0 Å². The Morgan fingerprint density at radius 1 is 1.25 bits per heavy atom. The molecule has 20 heavy (non-hydrogen) atoms. The van der Waals surface area contributed by atoms with Crippen LogP contribution in [0.5, 0.6) is 0 Å². The molecule has 0 amide bonds. The van der Waals surface area contributed by atoms with Crippen molar-refractivity contribution < 1.29 is 0 Å². The van der Waals surface area contributed by atoms with E-state index >= 15 is 0 Å². The number of rotatable bonds is 3. The second-order valence-electron chi connectivity index (χ2n) is 6.05. The molecule has 1 aliphatic heterocycles. The largest absolute Gasteiger partial charge is 0.379 e. The normalized spacial score (nSPS) is 19.9. The molecule has 1 atom stereocenters. The predicted octanol–water partition coefficient (Wildman–Crippen LogP) is 3.44. The number of hydrogen-bond acceptors (Lipinski definition) is 3. The molecule has 3 heteroatoms. The van der Waals surface area contributed by atoms with Gasteiger partial charge in [-0.25, -0.2) is 0 Å². The molecule has 0 radical (unpaired) electrons. The summed E-state index contributed by atoms with van der Waals surface area (Å²) in [6, 6.07) is 11.8. The van der Waals surface area contributed by atoms with Gasteiger partial charge in [-0.1, -0.05) is 18.2 Å². The van der Waals surface area contributed by atoms with Crippen molar-refractivity contribution in [2.75, 3.05) is 18.4 Å². The van der Waals surface area contributed by atoms with Crippen molar-refractivity contribution in [3.05, 3.63) is 36.0 Å². The zero-order valence-electron chi connectivity index (χ0n) is 12.6. The molecule has 0 spiro atoms. The van der Waals surface area contributed by atoms with Crippen LogP contribution in [0.2, 0.25) is 0 Å². The molecule has 1 fully saturated rings. The average Bonchev–Trinajstić information content (AvgIpc) is 2.88. The monoisotopic (exact) mass is 269 g/mol. The molecule has 1 aromatic heterocycles. The van der Waals surface area contributed by atoms with Crippen LogP contribution in [-0.2, 0) is 0 Å². The van der Waals surface area contributed by atoms with Crippen molar-refractivity contribution in [1.82, 2.24) is 9.88 Å². The lowest BCUT2D eigenvalue weighted by molar-refractivity contribution is 0.274. The number of likely N-dealkylation sites (tertiary alicyclic amines) is 1. The van der Waals surface area contributed by atoms with Crippen LogP contribution < -0.4 is 5.32 Å². The van der Waals surface area contributed by atoms with Crippen LogP contribution in [0.25, 0.3) is 10.9 Å². The Hall–Kier alpha value is -1.61. The van der Waals surface area contributed by atoms with Gasteiger partial charge in [0.1, 0.15) is 0 Å². The molecule has 1 N–H and O–H groups in total. The van der Waals surface area contributed by atoms with Crippen molar-refractivity contribution in [2.24, 2.45) is 0 Å². The summed E-state index contributed by atoms with van der Waals surface area (Å²) in [6.45, 7) is 8.90. The molecule has 3 nitrogen and oxygen atoms in total. The first-order chi connectivity index (χ1) is 9.63. The fourth-order valence-corrected chi connectivity index (χ4v) is 2.96. The lowest BCUT2D eigenvalue weighted by atomic mass is 10.1. The van der Waals surface area contributed by atoms with Crippen LogP contribution in [-0.4, -0.2) is 35.1 Å². The van der Waals surface area contributed by atoms with E-state index in [2.05, 4.69) is 54.4 Å². The van der Waals surface area contributed by atoms with Crippen molar-refractivity contribution >= 4 is 16.6 Å². The van der Waals surface area contributed by atoms with E-state index < -0.39 is 0 Å². The van der Waals surface area contributed by atoms with Gasteiger partial charge in [0.05, 0.1) is 11.2 Å². The molecule has 1 aromatic carbocycles. The van der Waals surface area contributed by atoms with Crippen molar-refractivity contribution in [1.29, 1.82) is 0 Å². The van der Waals surface area contributed by atoms with Gasteiger partial charge in [0, 0.05) is 36.3 Å². The molecular weight excluding hydrogens is 246 g/mol. The van der Waals surface area contributed by atoms with Gasteiger partial charge in [-0.15, -0.1) is 0 Å². The van der Waals surface area contributed by atoms with E-state index in [0.29, 0.717) is 12.1 Å². The minimum Gasteiger partial charge on any atom is -0.379 e. The summed E-state index contributed by atoms with van der Waals surface area (Å²) in [7, 11) is 0. The molecule has 2 aromatic rings. The van der Waals surface area contributed by atoms with E-state index in [1.807, 2.05) is 6.92 Å². The lowest BCUT2D eigenvalue weighted by Gasteiger charge is -2.21. The van der Waals surface area contributed by atoms with Gasteiger partial charge >= 0.3 is 0 Å². The molecule has 0 aliphatic carbocycles. The summed E-state index contributed by atoms with van der Waals surface area (Å²) in [5.74, 6) is 0. The van der Waals surface area contributed by atoms with Gasteiger partial charge in [0.25, 0.3) is 0 Å². The first-order valence-electron chi connectivity index (χ1n) is 7.50. The fraction of sp³-hybridized carbons (Fsp3) is 0.471. The summed E-state index contributed by atoms with van der Waals surface area (Å²) in [6.07, 6.45) is 1.21. The number of fused-ring (bicyclic) bond motifs is 1. The summed E-state index contributed by atoms with van der Waals surface area (Å²) in [5, 5.41) is 4.90. The fourth-order valence-electron chi connectivity index (χ4n) is 2.96. The number of aryl methyl sites for hydroxylation is 1. The third-order valence-corrected chi connectivity index (χ3v) is 4.17. The Kier molecular flexibility index (Phi) is 3.62. The molecule has 2 heterocycles. The minimum absolute atomic E-state index is 0.533. The number of hydrogen-bond donors (Lipinski definition) is 1. The first kappa shape index (κ1) is 13.4. The number of aromatic nitrogens is 1.